The third kappa shape index (κ3) is 10.9. The SMILES string of the molecule is C/C=C\C=C/C1=CC(NC(=O)C(C)CC(O)CNC(=O)c2ccccn2)C(O)C1.CCc1ccccc1. The van der Waals surface area contributed by atoms with Gasteiger partial charge in [-0.15, -0.1) is 0 Å². The summed E-state index contributed by atoms with van der Waals surface area (Å²) in [6.45, 7) is 5.82. The van der Waals surface area contributed by atoms with E-state index in [1.807, 2.05) is 43.4 Å². The average Bonchev–Trinajstić information content (AvgIpc) is 3.27. The van der Waals surface area contributed by atoms with E-state index in [4.69, 9.17) is 0 Å². The molecule has 3 rings (SSSR count). The van der Waals surface area contributed by atoms with Crippen molar-refractivity contribution in [1.82, 2.24) is 15.6 Å². The monoisotopic (exact) mass is 505 g/mol. The molecular weight excluding hydrogens is 466 g/mol. The molecule has 1 aromatic carbocycles. The number of amides is 2. The van der Waals surface area contributed by atoms with Gasteiger partial charge >= 0.3 is 0 Å². The predicted octanol–water partition coefficient (Wildman–Crippen LogP) is 3.76. The summed E-state index contributed by atoms with van der Waals surface area (Å²) >= 11 is 0. The van der Waals surface area contributed by atoms with E-state index in [0.29, 0.717) is 6.42 Å². The molecule has 0 aliphatic heterocycles. The van der Waals surface area contributed by atoms with Crippen LogP contribution in [0.5, 0.6) is 0 Å². The number of rotatable bonds is 10. The van der Waals surface area contributed by atoms with Crippen LogP contribution in [0, 0.1) is 5.92 Å². The lowest BCUT2D eigenvalue weighted by Gasteiger charge is -2.20. The van der Waals surface area contributed by atoms with Crippen LogP contribution in [0.2, 0.25) is 0 Å². The Balaban J connectivity index is 0.000000510. The summed E-state index contributed by atoms with van der Waals surface area (Å²) in [5, 5.41) is 25.7. The molecule has 4 N–H and O–H groups in total. The van der Waals surface area contributed by atoms with E-state index in [9.17, 15) is 19.8 Å². The zero-order chi connectivity index (χ0) is 27.0. The molecule has 37 heavy (non-hydrogen) atoms. The molecule has 1 aromatic heterocycles. The minimum atomic E-state index is -0.869. The third-order valence-electron chi connectivity index (χ3n) is 5.90. The average molecular weight is 506 g/mol. The lowest BCUT2D eigenvalue weighted by molar-refractivity contribution is -0.126. The molecule has 0 radical (unpaired) electrons. The summed E-state index contributed by atoms with van der Waals surface area (Å²) in [5.74, 6) is -1.10. The minimum Gasteiger partial charge on any atom is -0.391 e. The normalized spacial score (nSPS) is 18.6. The molecule has 2 amide bonds. The fraction of sp³-hybridized carbons (Fsp3) is 0.367. The largest absolute Gasteiger partial charge is 0.391 e. The van der Waals surface area contributed by atoms with E-state index in [2.05, 4.69) is 46.8 Å². The second-order valence-corrected chi connectivity index (χ2v) is 8.99. The van der Waals surface area contributed by atoms with Crippen molar-refractivity contribution >= 4 is 11.8 Å². The quantitative estimate of drug-likeness (QED) is 0.368. The first-order chi connectivity index (χ1) is 17.8. The summed E-state index contributed by atoms with van der Waals surface area (Å²) in [7, 11) is 0. The van der Waals surface area contributed by atoms with Crippen LogP contribution in [0.3, 0.4) is 0 Å². The van der Waals surface area contributed by atoms with Gasteiger partial charge in [0.2, 0.25) is 5.91 Å². The van der Waals surface area contributed by atoms with E-state index in [1.54, 1.807) is 25.1 Å². The summed E-state index contributed by atoms with van der Waals surface area (Å²) < 4.78 is 0. The highest BCUT2D eigenvalue weighted by Gasteiger charge is 2.28. The molecule has 4 atom stereocenters. The molecule has 2 aromatic rings. The van der Waals surface area contributed by atoms with Crippen molar-refractivity contribution in [2.45, 2.75) is 58.3 Å². The van der Waals surface area contributed by atoms with Gasteiger partial charge in [0.1, 0.15) is 5.69 Å². The van der Waals surface area contributed by atoms with Crippen LogP contribution >= 0.6 is 0 Å². The van der Waals surface area contributed by atoms with Crippen LogP contribution in [-0.2, 0) is 11.2 Å². The number of allylic oxidation sites excluding steroid dienone is 4. The molecule has 7 nitrogen and oxygen atoms in total. The number of aromatic nitrogens is 1. The Hall–Kier alpha value is -3.55. The van der Waals surface area contributed by atoms with Gasteiger partial charge in [-0.3, -0.25) is 14.6 Å². The molecule has 1 heterocycles. The number of aliphatic hydroxyl groups is 2. The number of nitrogens with zero attached hydrogens (tertiary/aromatic N) is 1. The molecule has 0 spiro atoms. The van der Waals surface area contributed by atoms with Crippen LogP contribution in [0.4, 0.5) is 0 Å². The Morgan fingerprint density at radius 3 is 2.49 bits per heavy atom. The Morgan fingerprint density at radius 2 is 1.86 bits per heavy atom. The smallest absolute Gasteiger partial charge is 0.269 e. The van der Waals surface area contributed by atoms with E-state index >= 15 is 0 Å². The van der Waals surface area contributed by atoms with Gasteiger partial charge in [-0.25, -0.2) is 0 Å². The molecular formula is C30H39N3O4. The number of aryl methyl sites for hydroxylation is 1. The summed E-state index contributed by atoms with van der Waals surface area (Å²) in [6.07, 6.45) is 11.2. The van der Waals surface area contributed by atoms with Crippen LogP contribution < -0.4 is 10.6 Å². The third-order valence-corrected chi connectivity index (χ3v) is 5.90. The Bertz CT molecular complexity index is 1050. The van der Waals surface area contributed by atoms with Gasteiger partial charge in [0.05, 0.1) is 18.2 Å². The highest BCUT2D eigenvalue weighted by atomic mass is 16.3. The summed E-state index contributed by atoms with van der Waals surface area (Å²) in [6, 6.07) is 15.0. The van der Waals surface area contributed by atoms with E-state index in [1.165, 1.54) is 11.8 Å². The molecule has 1 aliphatic rings. The Morgan fingerprint density at radius 1 is 1.14 bits per heavy atom. The van der Waals surface area contributed by atoms with Crippen molar-refractivity contribution in [3.05, 3.63) is 102 Å². The zero-order valence-electron chi connectivity index (χ0n) is 21.9. The second kappa shape index (κ2) is 16.2. The molecule has 7 heteroatoms. The Labute approximate surface area is 220 Å². The zero-order valence-corrected chi connectivity index (χ0v) is 21.9. The van der Waals surface area contributed by atoms with Gasteiger partial charge in [0.15, 0.2) is 0 Å². The predicted molar refractivity (Wildman–Crippen MR) is 147 cm³/mol. The van der Waals surface area contributed by atoms with Crippen molar-refractivity contribution in [3.63, 3.8) is 0 Å². The molecule has 198 valence electrons. The molecule has 4 unspecified atom stereocenters. The number of nitrogens with one attached hydrogen (secondary N) is 2. The maximum absolute atomic E-state index is 12.4. The van der Waals surface area contributed by atoms with Gasteiger partial charge in [0, 0.05) is 25.1 Å². The number of aliphatic hydroxyl groups excluding tert-OH is 2. The van der Waals surface area contributed by atoms with Crippen LogP contribution in [0.15, 0.2) is 90.7 Å². The number of hydrogen-bond donors (Lipinski definition) is 4. The minimum absolute atomic E-state index is 0.0267. The van der Waals surface area contributed by atoms with Gasteiger partial charge in [-0.05, 0) is 43.0 Å². The fourth-order valence-corrected chi connectivity index (χ4v) is 3.75. The first-order valence-corrected chi connectivity index (χ1v) is 12.7. The fourth-order valence-electron chi connectivity index (χ4n) is 3.75. The van der Waals surface area contributed by atoms with Crippen molar-refractivity contribution < 1.29 is 19.8 Å². The number of benzene rings is 1. The number of pyridine rings is 1. The highest BCUT2D eigenvalue weighted by molar-refractivity contribution is 5.92. The summed E-state index contributed by atoms with van der Waals surface area (Å²) in [5.41, 5.74) is 2.64. The van der Waals surface area contributed by atoms with Gasteiger partial charge in [-0.2, -0.15) is 0 Å². The van der Waals surface area contributed by atoms with E-state index < -0.39 is 24.2 Å². The summed E-state index contributed by atoms with van der Waals surface area (Å²) in [4.78, 5) is 28.3. The number of carbonyl (C=O) groups is 2. The van der Waals surface area contributed by atoms with Crippen molar-refractivity contribution in [2.24, 2.45) is 5.92 Å². The van der Waals surface area contributed by atoms with Crippen molar-refractivity contribution in [2.75, 3.05) is 6.54 Å². The molecule has 0 saturated carbocycles. The lowest BCUT2D eigenvalue weighted by atomic mass is 10.0. The molecule has 0 bridgehead atoms. The number of carbonyl (C=O) groups excluding carboxylic acids is 2. The first kappa shape index (κ1) is 29.7. The van der Waals surface area contributed by atoms with Crippen molar-refractivity contribution in [3.8, 4) is 0 Å². The Kier molecular flexibility index (Phi) is 13.0. The highest BCUT2D eigenvalue weighted by Crippen LogP contribution is 2.21. The van der Waals surface area contributed by atoms with Gasteiger partial charge in [-0.1, -0.05) is 80.6 Å². The van der Waals surface area contributed by atoms with E-state index in [-0.39, 0.29) is 30.5 Å². The van der Waals surface area contributed by atoms with Crippen molar-refractivity contribution in [1.29, 1.82) is 0 Å². The first-order valence-electron chi connectivity index (χ1n) is 12.7. The second-order valence-electron chi connectivity index (χ2n) is 8.99. The maximum atomic E-state index is 12.4. The lowest BCUT2D eigenvalue weighted by Crippen LogP contribution is -2.43. The molecule has 0 fully saturated rings. The van der Waals surface area contributed by atoms with Gasteiger partial charge in [0.25, 0.3) is 5.91 Å². The van der Waals surface area contributed by atoms with Crippen LogP contribution in [0.25, 0.3) is 0 Å². The standard InChI is InChI=1S/C22H29N3O4.C8H10/c1-3-4-5-8-16-12-19(20(27)13-16)25-21(28)15(2)11-17(26)14-24-22(29)18-9-6-7-10-23-18;1-2-8-6-4-3-5-7-8/h3-10,12,15,17,19-20,26-27H,11,13-14H2,1-2H3,(H,24,29)(H,25,28);3-7H,2H2,1H3/b4-3-,8-5-;. The maximum Gasteiger partial charge on any atom is 0.269 e. The van der Waals surface area contributed by atoms with Gasteiger partial charge < -0.3 is 20.8 Å². The topological polar surface area (TPSA) is 112 Å². The van der Waals surface area contributed by atoms with E-state index in [0.717, 1.165) is 12.0 Å². The molecule has 1 aliphatic carbocycles. The molecule has 0 saturated heterocycles. The van der Waals surface area contributed by atoms with Crippen LogP contribution in [-0.4, -0.2) is 51.8 Å². The van der Waals surface area contributed by atoms with Crippen LogP contribution in [0.1, 0.15) is 49.7 Å². The number of hydrogen-bond acceptors (Lipinski definition) is 5.